The summed E-state index contributed by atoms with van der Waals surface area (Å²) in [7, 11) is 1.80. The molecule has 0 spiro atoms. The van der Waals surface area contributed by atoms with E-state index in [0.29, 0.717) is 18.6 Å². The molecule has 2 aromatic heterocycles. The monoisotopic (exact) mass is 343 g/mol. The van der Waals surface area contributed by atoms with Crippen molar-refractivity contribution in [1.82, 2.24) is 30.1 Å². The molecule has 0 amide bonds. The number of piperidine rings is 1. The highest BCUT2D eigenvalue weighted by Crippen LogP contribution is 2.18. The summed E-state index contributed by atoms with van der Waals surface area (Å²) in [5, 5.41) is 15.2. The van der Waals surface area contributed by atoms with E-state index in [9.17, 15) is 0 Å². The first-order valence-corrected chi connectivity index (χ1v) is 9.18. The molecule has 1 saturated heterocycles. The fourth-order valence-electron chi connectivity index (χ4n) is 3.53. The van der Waals surface area contributed by atoms with Gasteiger partial charge in [-0.05, 0) is 45.4 Å². The van der Waals surface area contributed by atoms with Crippen LogP contribution in [0.2, 0.25) is 0 Å². The van der Waals surface area contributed by atoms with E-state index in [4.69, 9.17) is 0 Å². The van der Waals surface area contributed by atoms with E-state index in [1.165, 1.54) is 25.8 Å². The van der Waals surface area contributed by atoms with Crippen LogP contribution in [-0.2, 0) is 6.54 Å². The van der Waals surface area contributed by atoms with Crippen molar-refractivity contribution in [3.8, 4) is 0 Å². The lowest BCUT2D eigenvalue weighted by Crippen LogP contribution is -2.50. The molecule has 2 aromatic rings. The van der Waals surface area contributed by atoms with Crippen LogP contribution < -0.4 is 10.6 Å². The number of nitrogens with one attached hydrogen (secondary N) is 2. The topological polar surface area (TPSA) is 69.8 Å². The van der Waals surface area contributed by atoms with Crippen molar-refractivity contribution in [3.05, 3.63) is 30.2 Å². The maximum absolute atomic E-state index is 4.32. The highest BCUT2D eigenvalue weighted by molar-refractivity contribution is 5.79. The second-order valence-corrected chi connectivity index (χ2v) is 6.78. The fourth-order valence-corrected chi connectivity index (χ4v) is 3.53. The van der Waals surface area contributed by atoms with Crippen LogP contribution in [0, 0.1) is 0 Å². The van der Waals surface area contributed by atoms with Crippen LogP contribution in [0.25, 0.3) is 5.65 Å². The molecule has 0 bridgehead atoms. The van der Waals surface area contributed by atoms with Gasteiger partial charge in [0.2, 0.25) is 0 Å². The van der Waals surface area contributed by atoms with Crippen molar-refractivity contribution in [2.75, 3.05) is 20.1 Å². The number of aliphatic imine (C=N–C) groups is 1. The molecule has 7 nitrogen and oxygen atoms in total. The van der Waals surface area contributed by atoms with E-state index in [1.54, 1.807) is 7.05 Å². The molecule has 0 saturated carbocycles. The smallest absolute Gasteiger partial charge is 0.191 e. The number of rotatable bonds is 5. The number of likely N-dealkylation sites (tertiary alicyclic amines) is 1. The van der Waals surface area contributed by atoms with Crippen LogP contribution in [0.5, 0.6) is 0 Å². The number of guanidine groups is 1. The van der Waals surface area contributed by atoms with Gasteiger partial charge in [-0.15, -0.1) is 10.2 Å². The quantitative estimate of drug-likeness (QED) is 0.638. The van der Waals surface area contributed by atoms with Crippen molar-refractivity contribution >= 4 is 11.6 Å². The molecule has 1 aliphatic rings. The minimum absolute atomic E-state index is 0.489. The van der Waals surface area contributed by atoms with E-state index in [2.05, 4.69) is 44.6 Å². The largest absolute Gasteiger partial charge is 0.355 e. The van der Waals surface area contributed by atoms with E-state index in [-0.39, 0.29) is 0 Å². The van der Waals surface area contributed by atoms with E-state index < -0.39 is 0 Å². The summed E-state index contributed by atoms with van der Waals surface area (Å²) < 4.78 is 1.98. The van der Waals surface area contributed by atoms with Crippen molar-refractivity contribution in [2.24, 2.45) is 4.99 Å². The predicted octanol–water partition coefficient (Wildman–Crippen LogP) is 1.66. The molecule has 136 valence electrons. The predicted molar refractivity (Wildman–Crippen MR) is 101 cm³/mol. The summed E-state index contributed by atoms with van der Waals surface area (Å²) in [5.74, 6) is 1.67. The number of hydrogen-bond acceptors (Lipinski definition) is 4. The fraction of sp³-hybridized carbons (Fsp3) is 0.611. The molecular formula is C18H29N7. The van der Waals surface area contributed by atoms with Gasteiger partial charge in [0.05, 0.1) is 6.54 Å². The third kappa shape index (κ3) is 4.28. The van der Waals surface area contributed by atoms with Crippen molar-refractivity contribution < 1.29 is 0 Å². The zero-order valence-corrected chi connectivity index (χ0v) is 15.4. The molecule has 0 radical (unpaired) electrons. The lowest BCUT2D eigenvalue weighted by atomic mass is 10.0. The Morgan fingerprint density at radius 2 is 2.20 bits per heavy atom. The maximum Gasteiger partial charge on any atom is 0.191 e. The molecule has 1 aliphatic heterocycles. The summed E-state index contributed by atoms with van der Waals surface area (Å²) in [5.41, 5.74) is 0.856. The number of pyridine rings is 1. The third-order valence-electron chi connectivity index (χ3n) is 5.01. The summed E-state index contributed by atoms with van der Waals surface area (Å²) in [6, 6.07) is 7.05. The second kappa shape index (κ2) is 8.29. The summed E-state index contributed by atoms with van der Waals surface area (Å²) >= 11 is 0. The Hall–Kier alpha value is -2.15. The first-order chi connectivity index (χ1) is 12.2. The molecule has 0 aromatic carbocycles. The Morgan fingerprint density at radius 1 is 1.32 bits per heavy atom. The summed E-state index contributed by atoms with van der Waals surface area (Å²) in [6.07, 6.45) is 5.94. The van der Waals surface area contributed by atoms with Crippen LogP contribution in [-0.4, -0.2) is 57.7 Å². The van der Waals surface area contributed by atoms with Gasteiger partial charge >= 0.3 is 0 Å². The molecule has 1 fully saturated rings. The first kappa shape index (κ1) is 17.7. The highest BCUT2D eigenvalue weighted by atomic mass is 15.3. The van der Waals surface area contributed by atoms with Crippen LogP contribution in [0.3, 0.4) is 0 Å². The summed E-state index contributed by atoms with van der Waals surface area (Å²) in [6.45, 7) is 7.28. The van der Waals surface area contributed by atoms with Crippen molar-refractivity contribution in [2.45, 2.75) is 51.7 Å². The standard InChI is InChI=1S/C18H29N7/c1-14-8-4-6-10-24(14)15(2)12-20-18(19-3)21-13-17-23-22-16-9-5-7-11-25(16)17/h5,7,9,11,14-15H,4,6,8,10,12-13H2,1-3H3,(H2,19,20,21). The molecule has 0 aliphatic carbocycles. The number of hydrogen-bond donors (Lipinski definition) is 2. The minimum atomic E-state index is 0.489. The molecule has 2 atom stereocenters. The molecular weight excluding hydrogens is 314 g/mol. The molecule has 25 heavy (non-hydrogen) atoms. The Bertz CT molecular complexity index is 708. The van der Waals surface area contributed by atoms with E-state index in [1.807, 2.05) is 28.8 Å². The van der Waals surface area contributed by atoms with Gasteiger partial charge in [0.15, 0.2) is 17.4 Å². The summed E-state index contributed by atoms with van der Waals surface area (Å²) in [4.78, 5) is 6.92. The average Bonchev–Trinajstić information content (AvgIpc) is 3.05. The van der Waals surface area contributed by atoms with Crippen LogP contribution >= 0.6 is 0 Å². The minimum Gasteiger partial charge on any atom is -0.355 e. The van der Waals surface area contributed by atoms with Gasteiger partial charge < -0.3 is 10.6 Å². The Kier molecular flexibility index (Phi) is 5.86. The Balaban J connectivity index is 1.51. The highest BCUT2D eigenvalue weighted by Gasteiger charge is 2.23. The van der Waals surface area contributed by atoms with Gasteiger partial charge in [-0.2, -0.15) is 0 Å². The third-order valence-corrected chi connectivity index (χ3v) is 5.01. The van der Waals surface area contributed by atoms with Crippen LogP contribution in [0.1, 0.15) is 38.9 Å². The van der Waals surface area contributed by atoms with Gasteiger partial charge in [0.1, 0.15) is 0 Å². The lowest BCUT2D eigenvalue weighted by Gasteiger charge is -2.38. The molecule has 3 heterocycles. The maximum atomic E-state index is 4.32. The zero-order valence-electron chi connectivity index (χ0n) is 15.4. The van der Waals surface area contributed by atoms with Gasteiger partial charge in [0.25, 0.3) is 0 Å². The average molecular weight is 343 g/mol. The SMILES string of the molecule is CN=C(NCc1nnc2ccccn12)NCC(C)N1CCCCC1C. The molecule has 3 rings (SSSR count). The van der Waals surface area contributed by atoms with Crippen molar-refractivity contribution in [3.63, 3.8) is 0 Å². The van der Waals surface area contributed by atoms with Gasteiger partial charge in [0, 0.05) is 31.9 Å². The van der Waals surface area contributed by atoms with Crippen LogP contribution in [0.15, 0.2) is 29.4 Å². The van der Waals surface area contributed by atoms with E-state index >= 15 is 0 Å². The lowest BCUT2D eigenvalue weighted by molar-refractivity contribution is 0.115. The Morgan fingerprint density at radius 3 is 3.00 bits per heavy atom. The molecule has 2 N–H and O–H groups in total. The number of fused-ring (bicyclic) bond motifs is 1. The zero-order chi connectivity index (χ0) is 17.6. The van der Waals surface area contributed by atoms with Gasteiger partial charge in [-0.1, -0.05) is 12.5 Å². The van der Waals surface area contributed by atoms with E-state index in [0.717, 1.165) is 24.0 Å². The van der Waals surface area contributed by atoms with Gasteiger partial charge in [-0.3, -0.25) is 14.3 Å². The molecule has 2 unspecified atom stereocenters. The van der Waals surface area contributed by atoms with Gasteiger partial charge in [-0.25, -0.2) is 0 Å². The van der Waals surface area contributed by atoms with Crippen molar-refractivity contribution in [1.29, 1.82) is 0 Å². The normalized spacial score (nSPS) is 20.6. The van der Waals surface area contributed by atoms with Crippen LogP contribution in [0.4, 0.5) is 0 Å². The Labute approximate surface area is 149 Å². The number of aromatic nitrogens is 3. The molecule has 7 heteroatoms. The first-order valence-electron chi connectivity index (χ1n) is 9.18. The second-order valence-electron chi connectivity index (χ2n) is 6.78. The number of nitrogens with zero attached hydrogens (tertiary/aromatic N) is 5.